The summed E-state index contributed by atoms with van der Waals surface area (Å²) in [6.45, 7) is 1.93. The van der Waals surface area contributed by atoms with Crippen molar-refractivity contribution in [1.82, 2.24) is 14.9 Å². The third-order valence-corrected chi connectivity index (χ3v) is 1.89. The first-order valence-electron chi connectivity index (χ1n) is 4.61. The summed E-state index contributed by atoms with van der Waals surface area (Å²) in [5, 5.41) is 13.0. The Morgan fingerprint density at radius 1 is 1.75 bits per heavy atom. The predicted molar refractivity (Wildman–Crippen MR) is 53.7 cm³/mol. The molecule has 0 saturated carbocycles. The average molecular weight is 228 g/mol. The molecule has 0 unspecified atom stereocenters. The number of nitro groups is 1. The number of imidazole rings is 1. The van der Waals surface area contributed by atoms with Crippen LogP contribution in [0.3, 0.4) is 0 Å². The van der Waals surface area contributed by atoms with E-state index in [1.165, 1.54) is 10.9 Å². The second-order valence-electron chi connectivity index (χ2n) is 2.96. The SMILES string of the molecule is CCOC(=O)NCc1c([N+](=O)[O-])ncn1C. The quantitative estimate of drug-likeness (QED) is 0.600. The lowest BCUT2D eigenvalue weighted by molar-refractivity contribution is -0.390. The molecular weight excluding hydrogens is 216 g/mol. The molecule has 16 heavy (non-hydrogen) atoms. The zero-order valence-electron chi connectivity index (χ0n) is 8.97. The van der Waals surface area contributed by atoms with Crippen LogP contribution in [0, 0.1) is 10.1 Å². The maximum Gasteiger partial charge on any atom is 0.407 e. The van der Waals surface area contributed by atoms with Crippen molar-refractivity contribution in [3.8, 4) is 0 Å². The molecule has 0 spiro atoms. The lowest BCUT2D eigenvalue weighted by Crippen LogP contribution is -2.25. The average Bonchev–Trinajstić information content (AvgIpc) is 2.57. The smallest absolute Gasteiger partial charge is 0.407 e. The van der Waals surface area contributed by atoms with Gasteiger partial charge in [-0.3, -0.25) is 0 Å². The summed E-state index contributed by atoms with van der Waals surface area (Å²) in [5.41, 5.74) is 0.318. The summed E-state index contributed by atoms with van der Waals surface area (Å²) >= 11 is 0. The Kier molecular flexibility index (Phi) is 3.81. The van der Waals surface area contributed by atoms with Crippen LogP contribution in [0.5, 0.6) is 0 Å². The largest absolute Gasteiger partial charge is 0.450 e. The maximum atomic E-state index is 11.0. The molecule has 0 fully saturated rings. The summed E-state index contributed by atoms with van der Waals surface area (Å²) in [5.74, 6) is -0.265. The van der Waals surface area contributed by atoms with Gasteiger partial charge in [-0.25, -0.2) is 4.79 Å². The maximum absolute atomic E-state index is 11.0. The molecule has 1 aromatic heterocycles. The molecule has 88 valence electrons. The van der Waals surface area contributed by atoms with Gasteiger partial charge in [0.2, 0.25) is 6.33 Å². The van der Waals surface area contributed by atoms with Crippen molar-refractivity contribution >= 4 is 11.9 Å². The van der Waals surface area contributed by atoms with Crippen LogP contribution in [0.25, 0.3) is 0 Å². The molecule has 1 aromatic rings. The topological polar surface area (TPSA) is 99.3 Å². The number of carbonyl (C=O) groups is 1. The Balaban J connectivity index is 2.69. The number of hydrogen-bond donors (Lipinski definition) is 1. The number of hydrogen-bond acceptors (Lipinski definition) is 5. The van der Waals surface area contributed by atoms with Crippen LogP contribution in [-0.4, -0.2) is 27.2 Å². The number of ether oxygens (including phenoxy) is 1. The van der Waals surface area contributed by atoms with E-state index in [2.05, 4.69) is 15.0 Å². The van der Waals surface area contributed by atoms with E-state index in [1.807, 2.05) is 0 Å². The van der Waals surface area contributed by atoms with Crippen LogP contribution in [-0.2, 0) is 18.3 Å². The Morgan fingerprint density at radius 2 is 2.44 bits per heavy atom. The number of amides is 1. The van der Waals surface area contributed by atoms with Crippen LogP contribution in [0.2, 0.25) is 0 Å². The highest BCUT2D eigenvalue weighted by Crippen LogP contribution is 2.14. The standard InChI is InChI=1S/C8H12N4O4/c1-3-16-8(13)9-4-6-7(12(14)15)10-5-11(6)2/h5H,3-4H2,1-2H3,(H,9,13). The molecule has 0 aliphatic heterocycles. The molecule has 0 atom stereocenters. The lowest BCUT2D eigenvalue weighted by Gasteiger charge is -2.04. The summed E-state index contributed by atoms with van der Waals surface area (Å²) in [6.07, 6.45) is 0.707. The fraction of sp³-hybridized carbons (Fsp3) is 0.500. The normalized spacial score (nSPS) is 9.88. The van der Waals surface area contributed by atoms with Gasteiger partial charge < -0.3 is 24.7 Å². The minimum absolute atomic E-state index is 0.00560. The predicted octanol–water partition coefficient (Wildman–Crippen LogP) is 0.574. The van der Waals surface area contributed by atoms with Crippen LogP contribution in [0.4, 0.5) is 10.6 Å². The Morgan fingerprint density at radius 3 is 3.00 bits per heavy atom. The number of nitrogens with zero attached hydrogens (tertiary/aromatic N) is 3. The number of carbonyl (C=O) groups excluding carboxylic acids is 1. The van der Waals surface area contributed by atoms with Gasteiger partial charge in [0.05, 0.1) is 13.2 Å². The monoisotopic (exact) mass is 228 g/mol. The number of aryl methyl sites for hydroxylation is 1. The molecule has 0 radical (unpaired) electrons. The van der Waals surface area contributed by atoms with Crippen molar-refractivity contribution in [3.05, 3.63) is 22.1 Å². The van der Waals surface area contributed by atoms with Gasteiger partial charge in [-0.05, 0) is 16.8 Å². The van der Waals surface area contributed by atoms with Gasteiger partial charge in [0, 0.05) is 7.05 Å². The van der Waals surface area contributed by atoms with Gasteiger partial charge in [-0.2, -0.15) is 0 Å². The van der Waals surface area contributed by atoms with Gasteiger partial charge in [-0.15, -0.1) is 0 Å². The van der Waals surface area contributed by atoms with Crippen LogP contribution in [0.1, 0.15) is 12.6 Å². The number of alkyl carbamates (subject to hydrolysis) is 1. The summed E-state index contributed by atoms with van der Waals surface area (Å²) in [7, 11) is 1.61. The van der Waals surface area contributed by atoms with Gasteiger partial charge in [0.25, 0.3) is 0 Å². The van der Waals surface area contributed by atoms with E-state index in [1.54, 1.807) is 14.0 Å². The molecule has 0 bridgehead atoms. The molecule has 0 aromatic carbocycles. The molecule has 1 amide bonds. The molecular formula is C8H12N4O4. The second kappa shape index (κ2) is 5.10. The Bertz CT molecular complexity index is 401. The molecule has 1 rings (SSSR count). The molecule has 0 saturated heterocycles. The first kappa shape index (κ1) is 12.0. The molecule has 0 aliphatic rings. The minimum atomic E-state index is -0.613. The third-order valence-electron chi connectivity index (χ3n) is 1.89. The lowest BCUT2D eigenvalue weighted by atomic mass is 10.4. The van der Waals surface area contributed by atoms with E-state index >= 15 is 0 Å². The van der Waals surface area contributed by atoms with Crippen LogP contribution >= 0.6 is 0 Å². The summed E-state index contributed by atoms with van der Waals surface area (Å²) < 4.78 is 6.11. The second-order valence-corrected chi connectivity index (χ2v) is 2.96. The van der Waals surface area contributed by atoms with Crippen LogP contribution < -0.4 is 5.32 Å². The summed E-state index contributed by atoms with van der Waals surface area (Å²) in [4.78, 5) is 24.6. The van der Waals surface area contributed by atoms with E-state index in [-0.39, 0.29) is 19.0 Å². The third kappa shape index (κ3) is 2.69. The van der Waals surface area contributed by atoms with Crippen LogP contribution in [0.15, 0.2) is 6.33 Å². The van der Waals surface area contributed by atoms with Crippen molar-refractivity contribution < 1.29 is 14.5 Å². The van der Waals surface area contributed by atoms with E-state index in [0.29, 0.717) is 5.69 Å². The highest BCUT2D eigenvalue weighted by molar-refractivity contribution is 5.67. The van der Waals surface area contributed by atoms with Gasteiger partial charge >= 0.3 is 11.9 Å². The molecule has 1 N–H and O–H groups in total. The van der Waals surface area contributed by atoms with Crippen molar-refractivity contribution in [2.75, 3.05) is 6.61 Å². The molecule has 0 aliphatic carbocycles. The zero-order valence-corrected chi connectivity index (χ0v) is 8.97. The van der Waals surface area contributed by atoms with Crippen molar-refractivity contribution in [1.29, 1.82) is 0 Å². The van der Waals surface area contributed by atoms with E-state index < -0.39 is 11.0 Å². The van der Waals surface area contributed by atoms with Gasteiger partial charge in [0.1, 0.15) is 5.69 Å². The van der Waals surface area contributed by atoms with E-state index in [4.69, 9.17) is 0 Å². The fourth-order valence-corrected chi connectivity index (χ4v) is 1.14. The van der Waals surface area contributed by atoms with Gasteiger partial charge in [0.15, 0.2) is 0 Å². The first-order valence-corrected chi connectivity index (χ1v) is 4.61. The first-order chi connectivity index (χ1) is 7.56. The van der Waals surface area contributed by atoms with E-state index in [0.717, 1.165) is 0 Å². The molecule has 8 heteroatoms. The number of aromatic nitrogens is 2. The highest BCUT2D eigenvalue weighted by Gasteiger charge is 2.20. The number of nitrogens with one attached hydrogen (secondary N) is 1. The molecule has 1 heterocycles. The Hall–Kier alpha value is -2.12. The summed E-state index contributed by atoms with van der Waals surface area (Å²) in [6, 6.07) is 0. The minimum Gasteiger partial charge on any atom is -0.450 e. The Labute approximate surface area is 91.4 Å². The van der Waals surface area contributed by atoms with E-state index in [9.17, 15) is 14.9 Å². The van der Waals surface area contributed by atoms with Crippen molar-refractivity contribution in [2.45, 2.75) is 13.5 Å². The van der Waals surface area contributed by atoms with Crippen molar-refractivity contribution in [3.63, 3.8) is 0 Å². The fourth-order valence-electron chi connectivity index (χ4n) is 1.14. The van der Waals surface area contributed by atoms with Crippen molar-refractivity contribution in [2.24, 2.45) is 7.05 Å². The number of rotatable bonds is 4. The zero-order chi connectivity index (χ0) is 12.1. The van der Waals surface area contributed by atoms with Gasteiger partial charge in [-0.1, -0.05) is 0 Å². The highest BCUT2D eigenvalue weighted by atomic mass is 16.6. The molecule has 8 nitrogen and oxygen atoms in total.